The number of carboxylic acids is 1. The molecule has 2 amide bonds. The monoisotopic (exact) mass is 414 g/mol. The smallest absolute Gasteiger partial charge is 0.313 e. The van der Waals surface area contributed by atoms with Crippen LogP contribution >= 0.6 is 23.5 Å². The van der Waals surface area contributed by atoms with Crippen LogP contribution in [0.15, 0.2) is 5.16 Å². The molecule has 2 unspecified atom stereocenters. The fraction of sp³-hybridized carbons (Fsp3) is 0.643. The first-order chi connectivity index (χ1) is 12.7. The molecule has 3 rings (SSSR count). The molecule has 3 heterocycles. The van der Waals surface area contributed by atoms with Gasteiger partial charge < -0.3 is 15.3 Å². The van der Waals surface area contributed by atoms with E-state index in [1.165, 1.54) is 40.0 Å². The Morgan fingerprint density at radius 1 is 1.44 bits per heavy atom. The average molecular weight is 414 g/mol. The van der Waals surface area contributed by atoms with Gasteiger partial charge in [-0.3, -0.25) is 19.2 Å². The molecule has 2 aliphatic rings. The van der Waals surface area contributed by atoms with Gasteiger partial charge >= 0.3 is 5.97 Å². The normalized spacial score (nSPS) is 26.9. The molecule has 11 nitrogen and oxygen atoms in total. The third kappa shape index (κ3) is 3.78. The number of carboxylic acid groups (broad SMARTS) is 1. The second kappa shape index (κ2) is 7.46. The number of hydrogen-bond acceptors (Lipinski definition) is 9. The van der Waals surface area contributed by atoms with Crippen LogP contribution in [0.2, 0.25) is 0 Å². The molecular formula is C14H18N6O5S2. The fourth-order valence-corrected chi connectivity index (χ4v) is 5.61. The van der Waals surface area contributed by atoms with Gasteiger partial charge in [0.2, 0.25) is 17.0 Å². The van der Waals surface area contributed by atoms with Gasteiger partial charge in [0, 0.05) is 25.1 Å². The van der Waals surface area contributed by atoms with Crippen LogP contribution in [0.5, 0.6) is 0 Å². The second-order valence-electron chi connectivity index (χ2n) is 6.55. The molecule has 13 heteroatoms. The number of carbonyl (C=O) groups is 4. The molecule has 2 saturated heterocycles. The number of β-lactam (4-membered cyclic amide) rings is 1. The van der Waals surface area contributed by atoms with E-state index < -0.39 is 23.3 Å². The van der Waals surface area contributed by atoms with Crippen molar-refractivity contribution in [2.24, 2.45) is 12.5 Å². The minimum atomic E-state index is -1.14. The van der Waals surface area contributed by atoms with Gasteiger partial charge in [-0.1, -0.05) is 11.8 Å². The largest absolute Gasteiger partial charge is 0.481 e. The maximum absolute atomic E-state index is 12.4. The quantitative estimate of drug-likeness (QED) is 0.315. The van der Waals surface area contributed by atoms with Crippen molar-refractivity contribution >= 4 is 47.1 Å². The molecule has 2 aliphatic heterocycles. The number of thioether (sulfide) groups is 2. The molecule has 27 heavy (non-hydrogen) atoms. The molecule has 0 spiro atoms. The van der Waals surface area contributed by atoms with Gasteiger partial charge in [0.15, 0.2) is 0 Å². The number of ketones is 1. The van der Waals surface area contributed by atoms with E-state index in [0.29, 0.717) is 5.16 Å². The number of amides is 2. The minimum absolute atomic E-state index is 0.0518. The number of aliphatic carboxylic acids is 1. The lowest BCUT2D eigenvalue weighted by Gasteiger charge is -2.53. The highest BCUT2D eigenvalue weighted by Gasteiger charge is 2.57. The lowest BCUT2D eigenvalue weighted by Crippen LogP contribution is -2.74. The Kier molecular flexibility index (Phi) is 5.42. The van der Waals surface area contributed by atoms with Gasteiger partial charge in [-0.2, -0.15) is 0 Å². The number of hydrogen-bond donors (Lipinski definition) is 2. The summed E-state index contributed by atoms with van der Waals surface area (Å²) < 4.78 is 1.45. The van der Waals surface area contributed by atoms with Crippen LogP contribution in [0.1, 0.15) is 13.3 Å². The Bertz CT molecular complexity index is 801. The van der Waals surface area contributed by atoms with Crippen LogP contribution < -0.4 is 5.32 Å². The summed E-state index contributed by atoms with van der Waals surface area (Å²) >= 11 is 2.54. The SMILES string of the molecule is CC(=O)CC(=O)NC1C(=O)N2CC(CSc3nnnn3C)(C(=O)O)CS[C@H]12. The van der Waals surface area contributed by atoms with Crippen LogP contribution in [-0.4, -0.2) is 83.2 Å². The van der Waals surface area contributed by atoms with E-state index in [2.05, 4.69) is 20.8 Å². The number of fused-ring (bicyclic) bond motifs is 1. The zero-order valence-electron chi connectivity index (χ0n) is 14.6. The predicted octanol–water partition coefficient (Wildman–Crippen LogP) is -1.25. The summed E-state index contributed by atoms with van der Waals surface area (Å²) in [4.78, 5) is 48.6. The van der Waals surface area contributed by atoms with E-state index in [4.69, 9.17) is 0 Å². The van der Waals surface area contributed by atoms with Crippen LogP contribution in [0, 0.1) is 5.41 Å². The van der Waals surface area contributed by atoms with Crippen LogP contribution in [0.3, 0.4) is 0 Å². The molecule has 2 fully saturated rings. The predicted molar refractivity (Wildman–Crippen MR) is 94.8 cm³/mol. The topological polar surface area (TPSA) is 147 Å². The van der Waals surface area contributed by atoms with Crippen molar-refractivity contribution < 1.29 is 24.3 Å². The minimum Gasteiger partial charge on any atom is -0.481 e. The zero-order valence-corrected chi connectivity index (χ0v) is 16.2. The molecule has 3 atom stereocenters. The lowest BCUT2D eigenvalue weighted by molar-refractivity contribution is -0.157. The third-order valence-corrected chi connectivity index (χ3v) is 7.27. The Morgan fingerprint density at radius 2 is 2.19 bits per heavy atom. The highest BCUT2D eigenvalue weighted by molar-refractivity contribution is 8.00. The van der Waals surface area contributed by atoms with Crippen LogP contribution in [0.25, 0.3) is 0 Å². The van der Waals surface area contributed by atoms with Crippen molar-refractivity contribution in [3.8, 4) is 0 Å². The van der Waals surface area contributed by atoms with Gasteiger partial charge in [-0.15, -0.1) is 16.9 Å². The molecule has 2 N–H and O–H groups in total. The number of tetrazole rings is 1. The van der Waals surface area contributed by atoms with Gasteiger partial charge in [0.1, 0.15) is 22.6 Å². The summed E-state index contributed by atoms with van der Waals surface area (Å²) in [5.74, 6) is -1.61. The molecule has 0 aliphatic carbocycles. The van der Waals surface area contributed by atoms with Crippen molar-refractivity contribution in [1.82, 2.24) is 30.4 Å². The molecule has 0 bridgehead atoms. The number of rotatable bonds is 7. The van der Waals surface area contributed by atoms with Crippen LogP contribution in [0.4, 0.5) is 0 Å². The Morgan fingerprint density at radius 3 is 2.78 bits per heavy atom. The Hall–Kier alpha value is -2.15. The summed E-state index contributed by atoms with van der Waals surface area (Å²) in [6, 6.07) is -0.718. The number of aromatic nitrogens is 4. The highest BCUT2D eigenvalue weighted by Crippen LogP contribution is 2.44. The molecule has 1 aromatic heterocycles. The number of carbonyl (C=O) groups excluding carboxylic acids is 3. The van der Waals surface area contributed by atoms with Crippen molar-refractivity contribution in [1.29, 1.82) is 0 Å². The Labute approximate surface area is 162 Å². The summed E-state index contributed by atoms with van der Waals surface area (Å²) in [7, 11) is 1.66. The summed E-state index contributed by atoms with van der Waals surface area (Å²) in [5.41, 5.74) is -1.14. The standard InChI is InChI=1S/C14H18N6O5S2/c1-7(21)3-8(22)15-9-10(23)20-4-14(12(24)25,5-26-11(9)20)6-27-13-16-17-18-19(13)2/h9,11H,3-6H2,1-2H3,(H,15,22)(H,24,25)/t9?,11-,14?/m1/s1. The third-order valence-electron chi connectivity index (χ3n) is 4.38. The zero-order chi connectivity index (χ0) is 19.8. The first-order valence-electron chi connectivity index (χ1n) is 8.03. The van der Waals surface area contributed by atoms with E-state index in [1.807, 2.05) is 0 Å². The maximum atomic E-state index is 12.4. The van der Waals surface area contributed by atoms with Crippen LogP contribution in [-0.2, 0) is 26.2 Å². The molecule has 146 valence electrons. The molecule has 1 aromatic rings. The van der Waals surface area contributed by atoms with Crippen molar-refractivity contribution in [3.05, 3.63) is 0 Å². The van der Waals surface area contributed by atoms with Gasteiger partial charge in [0.05, 0.1) is 6.42 Å². The first kappa shape index (κ1) is 19.6. The molecular weight excluding hydrogens is 396 g/mol. The van der Waals surface area contributed by atoms with Gasteiger partial charge in [0.25, 0.3) is 0 Å². The number of nitrogens with one attached hydrogen (secondary N) is 1. The van der Waals surface area contributed by atoms with Crippen molar-refractivity contribution in [3.63, 3.8) is 0 Å². The maximum Gasteiger partial charge on any atom is 0.313 e. The first-order valence-corrected chi connectivity index (χ1v) is 10.1. The molecule has 0 aromatic carbocycles. The van der Waals surface area contributed by atoms with E-state index in [1.54, 1.807) is 7.05 Å². The Balaban J connectivity index is 1.64. The van der Waals surface area contributed by atoms with Crippen molar-refractivity contribution in [2.45, 2.75) is 29.9 Å². The van der Waals surface area contributed by atoms with Gasteiger partial charge in [-0.25, -0.2) is 4.68 Å². The summed E-state index contributed by atoms with van der Waals surface area (Å²) in [6.07, 6.45) is -0.275. The number of aryl methyl sites for hydroxylation is 1. The van der Waals surface area contributed by atoms with E-state index >= 15 is 0 Å². The number of nitrogens with zero attached hydrogens (tertiary/aromatic N) is 5. The van der Waals surface area contributed by atoms with Crippen molar-refractivity contribution in [2.75, 3.05) is 18.1 Å². The molecule has 0 radical (unpaired) electrons. The lowest BCUT2D eigenvalue weighted by atomic mass is 9.89. The average Bonchev–Trinajstić information content (AvgIpc) is 3.02. The summed E-state index contributed by atoms with van der Waals surface area (Å²) in [5, 5.41) is 23.6. The van der Waals surface area contributed by atoms with Gasteiger partial charge in [-0.05, 0) is 17.4 Å². The summed E-state index contributed by atoms with van der Waals surface area (Å²) in [6.45, 7) is 1.35. The molecule has 0 saturated carbocycles. The van der Waals surface area contributed by atoms with E-state index in [0.717, 1.165) is 0 Å². The van der Waals surface area contributed by atoms with E-state index in [9.17, 15) is 24.3 Å². The second-order valence-corrected chi connectivity index (χ2v) is 8.60. The highest BCUT2D eigenvalue weighted by atomic mass is 32.2. The fourth-order valence-electron chi connectivity index (χ4n) is 2.90. The number of Topliss-reactive ketones (excluding diaryl/α,β-unsaturated/α-hetero) is 1. The van der Waals surface area contributed by atoms with E-state index in [-0.39, 0.29) is 41.5 Å².